The van der Waals surface area contributed by atoms with Crippen LogP contribution in [0.4, 0.5) is 0 Å². The fourth-order valence-electron chi connectivity index (χ4n) is 1.89. The van der Waals surface area contributed by atoms with Crippen molar-refractivity contribution in [3.63, 3.8) is 0 Å². The van der Waals surface area contributed by atoms with Crippen LogP contribution >= 0.6 is 24.0 Å². The number of thiocarbonyl (C=S) groups is 1. The topological polar surface area (TPSA) is 47.8 Å². The predicted octanol–water partition coefficient (Wildman–Crippen LogP) is 4.20. The van der Waals surface area contributed by atoms with Crippen LogP contribution in [0.1, 0.15) is 64.7 Å². The van der Waals surface area contributed by atoms with E-state index >= 15 is 0 Å². The highest BCUT2D eigenvalue weighted by molar-refractivity contribution is 8.03. The van der Waals surface area contributed by atoms with Crippen molar-refractivity contribution < 1.29 is 0 Å². The van der Waals surface area contributed by atoms with Crippen LogP contribution in [0.25, 0.3) is 0 Å². The molecule has 0 aliphatic rings. The number of unbranched alkanes of at least 4 members (excludes halogenated alkanes) is 7. The molecule has 0 aromatic rings. The summed E-state index contributed by atoms with van der Waals surface area (Å²) in [4.78, 5) is 0. The van der Waals surface area contributed by atoms with Gasteiger partial charge >= 0.3 is 0 Å². The van der Waals surface area contributed by atoms with Gasteiger partial charge in [-0.15, -0.1) is 0 Å². The van der Waals surface area contributed by atoms with Gasteiger partial charge in [-0.25, -0.2) is 0 Å². The number of nitrogens with zero attached hydrogens (tertiary/aromatic N) is 1. The van der Waals surface area contributed by atoms with Gasteiger partial charge in [-0.3, -0.25) is 0 Å². The van der Waals surface area contributed by atoms with Crippen molar-refractivity contribution in [2.24, 2.45) is 0 Å². The molecule has 116 valence electrons. The summed E-state index contributed by atoms with van der Waals surface area (Å²) in [6, 6.07) is 0. The molecule has 0 spiro atoms. The second-order valence-corrected chi connectivity index (χ2v) is 6.24. The summed E-state index contributed by atoms with van der Waals surface area (Å²) in [6.45, 7) is 4.17. The first kappa shape index (κ1) is 19.5. The fraction of sp³-hybridized carbons (Fsp3) is 0.867. The van der Waals surface area contributed by atoms with E-state index in [0.29, 0.717) is 0 Å². The van der Waals surface area contributed by atoms with Gasteiger partial charge in [-0.05, 0) is 43.2 Å². The van der Waals surface area contributed by atoms with Gasteiger partial charge in [0.2, 0.25) is 0 Å². The van der Waals surface area contributed by atoms with E-state index < -0.39 is 0 Å². The van der Waals surface area contributed by atoms with Crippen molar-refractivity contribution in [3.05, 3.63) is 0 Å². The summed E-state index contributed by atoms with van der Waals surface area (Å²) in [6.07, 6.45) is 11.2. The molecule has 3 nitrogen and oxygen atoms in total. The molecule has 0 atom stereocenters. The molecule has 0 unspecified atom stereocenters. The molecule has 0 fully saturated rings. The van der Waals surface area contributed by atoms with E-state index in [4.69, 9.17) is 17.5 Å². The lowest BCUT2D eigenvalue weighted by atomic mass is 10.1. The minimum atomic E-state index is 0.792. The summed E-state index contributed by atoms with van der Waals surface area (Å²) in [7, 11) is 0. The number of thiocyanates is 1. The molecular weight excluding hydrogens is 286 g/mol. The normalized spacial score (nSPS) is 10.0. The van der Waals surface area contributed by atoms with Gasteiger partial charge in [-0.1, -0.05) is 45.4 Å². The lowest BCUT2D eigenvalue weighted by molar-refractivity contribution is 0.618. The minimum absolute atomic E-state index is 0.792. The molecule has 0 saturated carbocycles. The lowest BCUT2D eigenvalue weighted by Crippen LogP contribution is -2.36. The molecule has 0 aromatic carbocycles. The van der Waals surface area contributed by atoms with E-state index in [2.05, 4.69) is 23.0 Å². The number of hydrogen-bond acceptors (Lipinski definition) is 3. The van der Waals surface area contributed by atoms with E-state index in [1.165, 1.54) is 56.7 Å². The minimum Gasteiger partial charge on any atom is -0.363 e. The van der Waals surface area contributed by atoms with Crippen molar-refractivity contribution in [1.29, 1.82) is 5.26 Å². The number of thioether (sulfide) groups is 1. The third-order valence-electron chi connectivity index (χ3n) is 3.09. The zero-order chi connectivity index (χ0) is 14.9. The van der Waals surface area contributed by atoms with Crippen molar-refractivity contribution in [2.45, 2.75) is 64.7 Å². The Morgan fingerprint density at radius 3 is 2.05 bits per heavy atom. The standard InChI is InChI=1S/C15H29N3S2/c1-2-3-4-5-8-11-17-15(19)18-12-9-6-7-10-13-20-14-16/h2-13H2,1H3,(H2,17,18,19). The monoisotopic (exact) mass is 315 g/mol. The number of nitrogens with one attached hydrogen (secondary N) is 2. The van der Waals surface area contributed by atoms with Crippen molar-refractivity contribution in [3.8, 4) is 5.40 Å². The largest absolute Gasteiger partial charge is 0.363 e. The van der Waals surface area contributed by atoms with Gasteiger partial charge in [-0.2, -0.15) is 5.26 Å². The molecule has 0 aliphatic heterocycles. The van der Waals surface area contributed by atoms with Crippen LogP contribution in [0, 0.1) is 10.7 Å². The third-order valence-corrected chi connectivity index (χ3v) is 4.00. The Kier molecular flexibility index (Phi) is 16.2. The predicted molar refractivity (Wildman–Crippen MR) is 93.9 cm³/mol. The van der Waals surface area contributed by atoms with E-state index in [1.54, 1.807) is 0 Å². The first-order valence-corrected chi connectivity index (χ1v) is 9.23. The highest BCUT2D eigenvalue weighted by Gasteiger charge is 1.95. The van der Waals surface area contributed by atoms with Gasteiger partial charge in [0, 0.05) is 18.8 Å². The number of hydrogen-bond donors (Lipinski definition) is 2. The molecule has 0 heterocycles. The Bertz CT molecular complexity index is 264. The highest BCUT2D eigenvalue weighted by Crippen LogP contribution is 2.05. The Labute approximate surface area is 134 Å². The SMILES string of the molecule is CCCCCCCNC(=S)NCCCCCCSC#N. The van der Waals surface area contributed by atoms with E-state index in [0.717, 1.165) is 36.8 Å². The third kappa shape index (κ3) is 15.6. The van der Waals surface area contributed by atoms with Crippen LogP contribution in [0.15, 0.2) is 0 Å². The van der Waals surface area contributed by atoms with Gasteiger partial charge in [0.05, 0.1) is 0 Å². The maximum Gasteiger partial charge on any atom is 0.166 e. The average molecular weight is 316 g/mol. The smallest absolute Gasteiger partial charge is 0.166 e. The summed E-state index contributed by atoms with van der Waals surface area (Å²) >= 11 is 6.58. The fourth-order valence-corrected chi connectivity index (χ4v) is 2.54. The maximum atomic E-state index is 8.38. The van der Waals surface area contributed by atoms with Gasteiger partial charge in [0.1, 0.15) is 5.40 Å². The van der Waals surface area contributed by atoms with Gasteiger partial charge < -0.3 is 10.6 Å². The zero-order valence-electron chi connectivity index (χ0n) is 12.7. The van der Waals surface area contributed by atoms with Crippen LogP contribution in [-0.2, 0) is 0 Å². The quantitative estimate of drug-likeness (QED) is 0.303. The number of nitriles is 1. The molecule has 0 saturated heterocycles. The Morgan fingerprint density at radius 1 is 0.950 bits per heavy atom. The van der Waals surface area contributed by atoms with Crippen LogP contribution in [0.3, 0.4) is 0 Å². The van der Waals surface area contributed by atoms with Crippen LogP contribution < -0.4 is 10.6 Å². The second kappa shape index (κ2) is 16.6. The molecule has 20 heavy (non-hydrogen) atoms. The van der Waals surface area contributed by atoms with E-state index in [-0.39, 0.29) is 0 Å². The van der Waals surface area contributed by atoms with Crippen molar-refractivity contribution >= 4 is 29.1 Å². The summed E-state index contributed by atoms with van der Waals surface area (Å²) in [5.41, 5.74) is 0. The Balaban J connectivity index is 3.15. The van der Waals surface area contributed by atoms with Crippen molar-refractivity contribution in [1.82, 2.24) is 10.6 Å². The summed E-state index contributed by atoms with van der Waals surface area (Å²) in [5, 5.41) is 17.8. The number of rotatable bonds is 13. The Hall–Kier alpha value is -0.470. The molecule has 0 aromatic heterocycles. The average Bonchev–Trinajstić information content (AvgIpc) is 2.45. The van der Waals surface area contributed by atoms with Crippen LogP contribution in [0.5, 0.6) is 0 Å². The van der Waals surface area contributed by atoms with Gasteiger partial charge in [0.25, 0.3) is 0 Å². The van der Waals surface area contributed by atoms with Gasteiger partial charge in [0.15, 0.2) is 5.11 Å². The van der Waals surface area contributed by atoms with Crippen LogP contribution in [0.2, 0.25) is 0 Å². The molecule has 2 N–H and O–H groups in total. The van der Waals surface area contributed by atoms with E-state index in [1.807, 2.05) is 0 Å². The highest BCUT2D eigenvalue weighted by atomic mass is 32.2. The molecule has 0 bridgehead atoms. The molecule has 0 amide bonds. The first-order valence-electron chi connectivity index (χ1n) is 7.83. The first-order chi connectivity index (χ1) is 9.81. The van der Waals surface area contributed by atoms with Crippen molar-refractivity contribution in [2.75, 3.05) is 18.8 Å². The molecule has 5 heteroatoms. The second-order valence-electron chi connectivity index (χ2n) is 4.95. The molecule has 0 radical (unpaired) electrons. The summed E-state index contributed by atoms with van der Waals surface area (Å²) in [5.74, 6) is 0.960. The molecular formula is C15H29N3S2. The van der Waals surface area contributed by atoms with Crippen LogP contribution in [-0.4, -0.2) is 24.0 Å². The zero-order valence-corrected chi connectivity index (χ0v) is 14.4. The molecule has 0 rings (SSSR count). The lowest BCUT2D eigenvalue weighted by Gasteiger charge is -2.10. The Morgan fingerprint density at radius 2 is 1.50 bits per heavy atom. The molecule has 0 aliphatic carbocycles. The summed E-state index contributed by atoms with van der Waals surface area (Å²) < 4.78 is 0. The van der Waals surface area contributed by atoms with E-state index in [9.17, 15) is 0 Å². The maximum absolute atomic E-state index is 8.38.